The zero-order valence-corrected chi connectivity index (χ0v) is 11.5. The maximum atomic E-state index is 4.43. The van der Waals surface area contributed by atoms with Crippen LogP contribution in [0.2, 0.25) is 0 Å². The maximum Gasteiger partial charge on any atom is 0.0570 e. The number of nitrogens with zero attached hydrogens (tertiary/aromatic N) is 1. The third-order valence-electron chi connectivity index (χ3n) is 3.60. The first-order valence-electron chi connectivity index (χ1n) is 6.51. The molecule has 1 aliphatic rings. The van der Waals surface area contributed by atoms with Crippen LogP contribution in [0.1, 0.15) is 44.3 Å². The van der Waals surface area contributed by atoms with E-state index < -0.39 is 0 Å². The topological polar surface area (TPSA) is 24.9 Å². The second kappa shape index (κ2) is 6.41. The first-order chi connectivity index (χ1) is 8.31. The predicted octanol–water partition coefficient (Wildman–Crippen LogP) is 3.41. The minimum atomic E-state index is 0.356. The van der Waals surface area contributed by atoms with Gasteiger partial charge in [0.2, 0.25) is 0 Å². The van der Waals surface area contributed by atoms with Gasteiger partial charge in [-0.3, -0.25) is 4.98 Å². The summed E-state index contributed by atoms with van der Waals surface area (Å²) in [6.07, 6.45) is 9.53. The fraction of sp³-hybridized carbons (Fsp3) is 0.643. The molecular weight excluding hydrogens is 228 g/mol. The minimum Gasteiger partial charge on any atom is -0.305 e. The SMILES string of the molecule is CSC1CCCCC1NC(C)c1ccccn1. The number of aromatic nitrogens is 1. The van der Waals surface area contributed by atoms with Gasteiger partial charge in [0, 0.05) is 23.5 Å². The molecule has 3 unspecified atom stereocenters. The normalized spacial score (nSPS) is 26.7. The summed E-state index contributed by atoms with van der Waals surface area (Å²) in [4.78, 5) is 4.43. The van der Waals surface area contributed by atoms with Gasteiger partial charge in [-0.1, -0.05) is 18.9 Å². The van der Waals surface area contributed by atoms with Crippen molar-refractivity contribution in [1.82, 2.24) is 10.3 Å². The number of rotatable bonds is 4. The molecule has 2 nitrogen and oxygen atoms in total. The molecule has 0 radical (unpaired) electrons. The van der Waals surface area contributed by atoms with Gasteiger partial charge in [0.05, 0.1) is 5.69 Å². The van der Waals surface area contributed by atoms with Gasteiger partial charge >= 0.3 is 0 Å². The Balaban J connectivity index is 1.95. The number of pyridine rings is 1. The Kier molecular flexibility index (Phi) is 4.86. The summed E-state index contributed by atoms with van der Waals surface area (Å²) >= 11 is 2.01. The Morgan fingerprint density at radius 2 is 2.18 bits per heavy atom. The first kappa shape index (κ1) is 12.9. The molecule has 0 bridgehead atoms. The molecule has 3 heteroatoms. The Hall–Kier alpha value is -0.540. The predicted molar refractivity (Wildman–Crippen MR) is 75.3 cm³/mol. The lowest BCUT2D eigenvalue weighted by Gasteiger charge is -2.33. The monoisotopic (exact) mass is 250 g/mol. The molecule has 3 atom stereocenters. The average molecular weight is 250 g/mol. The average Bonchev–Trinajstić information content (AvgIpc) is 2.40. The molecule has 1 heterocycles. The molecule has 0 amide bonds. The van der Waals surface area contributed by atoms with Crippen LogP contribution in [0.4, 0.5) is 0 Å². The van der Waals surface area contributed by atoms with Crippen LogP contribution in [0.25, 0.3) is 0 Å². The molecule has 17 heavy (non-hydrogen) atoms. The van der Waals surface area contributed by atoms with Gasteiger partial charge in [0.1, 0.15) is 0 Å². The van der Waals surface area contributed by atoms with Gasteiger partial charge in [-0.2, -0.15) is 11.8 Å². The molecule has 0 saturated heterocycles. The Morgan fingerprint density at radius 1 is 1.35 bits per heavy atom. The number of thioether (sulfide) groups is 1. The highest BCUT2D eigenvalue weighted by molar-refractivity contribution is 7.99. The molecule has 1 aromatic rings. The van der Waals surface area contributed by atoms with E-state index in [1.54, 1.807) is 0 Å². The van der Waals surface area contributed by atoms with Crippen LogP contribution in [0, 0.1) is 0 Å². The quantitative estimate of drug-likeness (QED) is 0.886. The lowest BCUT2D eigenvalue weighted by Crippen LogP contribution is -2.41. The van der Waals surface area contributed by atoms with Gasteiger partial charge in [-0.05, 0) is 38.2 Å². The van der Waals surface area contributed by atoms with Gasteiger partial charge in [0.25, 0.3) is 0 Å². The number of hydrogen-bond acceptors (Lipinski definition) is 3. The van der Waals surface area contributed by atoms with Crippen molar-refractivity contribution in [2.75, 3.05) is 6.26 Å². The lowest BCUT2D eigenvalue weighted by molar-refractivity contribution is 0.354. The van der Waals surface area contributed by atoms with Crippen molar-refractivity contribution in [1.29, 1.82) is 0 Å². The van der Waals surface area contributed by atoms with Crippen LogP contribution in [-0.4, -0.2) is 22.5 Å². The van der Waals surface area contributed by atoms with Crippen molar-refractivity contribution in [3.8, 4) is 0 Å². The highest BCUT2D eigenvalue weighted by Gasteiger charge is 2.25. The zero-order valence-electron chi connectivity index (χ0n) is 10.7. The smallest absolute Gasteiger partial charge is 0.0570 e. The second-order valence-electron chi connectivity index (χ2n) is 4.81. The summed E-state index contributed by atoms with van der Waals surface area (Å²) < 4.78 is 0. The van der Waals surface area contributed by atoms with E-state index in [0.29, 0.717) is 12.1 Å². The molecule has 0 spiro atoms. The summed E-state index contributed by atoms with van der Waals surface area (Å²) in [5, 5.41) is 4.53. The van der Waals surface area contributed by atoms with Crippen LogP contribution in [0.5, 0.6) is 0 Å². The van der Waals surface area contributed by atoms with Gasteiger partial charge in [-0.25, -0.2) is 0 Å². The first-order valence-corrected chi connectivity index (χ1v) is 7.80. The standard InChI is InChI=1S/C14H22N2S/c1-11(12-7-5-6-10-15-12)16-13-8-3-4-9-14(13)17-2/h5-7,10-11,13-14,16H,3-4,8-9H2,1-2H3. The van der Waals surface area contributed by atoms with Gasteiger partial charge in [0.15, 0.2) is 0 Å². The van der Waals surface area contributed by atoms with E-state index in [2.05, 4.69) is 35.6 Å². The fourth-order valence-electron chi connectivity index (χ4n) is 2.61. The molecule has 0 aliphatic heterocycles. The van der Waals surface area contributed by atoms with Crippen molar-refractivity contribution in [3.63, 3.8) is 0 Å². The van der Waals surface area contributed by atoms with Crippen molar-refractivity contribution in [3.05, 3.63) is 30.1 Å². The lowest BCUT2D eigenvalue weighted by atomic mass is 9.94. The number of hydrogen-bond donors (Lipinski definition) is 1. The van der Waals surface area contributed by atoms with Crippen molar-refractivity contribution in [2.45, 2.75) is 49.9 Å². The molecule has 2 rings (SSSR count). The maximum absolute atomic E-state index is 4.43. The fourth-order valence-corrected chi connectivity index (χ4v) is 3.55. The highest BCUT2D eigenvalue weighted by Crippen LogP contribution is 2.28. The van der Waals surface area contributed by atoms with Crippen molar-refractivity contribution < 1.29 is 0 Å². The van der Waals surface area contributed by atoms with E-state index in [4.69, 9.17) is 0 Å². The molecular formula is C14H22N2S. The molecule has 1 fully saturated rings. The van der Waals surface area contributed by atoms with E-state index in [1.807, 2.05) is 24.0 Å². The summed E-state index contributed by atoms with van der Waals surface area (Å²) in [6.45, 7) is 2.22. The number of nitrogens with one attached hydrogen (secondary N) is 1. The van der Waals surface area contributed by atoms with E-state index in [1.165, 1.54) is 25.7 Å². The van der Waals surface area contributed by atoms with Crippen LogP contribution in [0.15, 0.2) is 24.4 Å². The largest absolute Gasteiger partial charge is 0.305 e. The molecule has 0 aromatic carbocycles. The molecule has 1 N–H and O–H groups in total. The Bertz CT molecular complexity index is 328. The summed E-state index contributed by atoms with van der Waals surface area (Å²) in [6, 6.07) is 7.15. The highest BCUT2D eigenvalue weighted by atomic mass is 32.2. The minimum absolute atomic E-state index is 0.356. The van der Waals surface area contributed by atoms with E-state index in [9.17, 15) is 0 Å². The van der Waals surface area contributed by atoms with E-state index >= 15 is 0 Å². The van der Waals surface area contributed by atoms with E-state index in [-0.39, 0.29) is 0 Å². The second-order valence-corrected chi connectivity index (χ2v) is 5.88. The summed E-state index contributed by atoms with van der Waals surface area (Å²) in [5.41, 5.74) is 1.15. The van der Waals surface area contributed by atoms with Gasteiger partial charge in [-0.15, -0.1) is 0 Å². The molecule has 1 saturated carbocycles. The van der Waals surface area contributed by atoms with Crippen molar-refractivity contribution in [2.24, 2.45) is 0 Å². The zero-order chi connectivity index (χ0) is 12.1. The summed E-state index contributed by atoms with van der Waals surface area (Å²) in [7, 11) is 0. The molecule has 1 aromatic heterocycles. The van der Waals surface area contributed by atoms with Crippen LogP contribution < -0.4 is 5.32 Å². The third kappa shape index (κ3) is 3.46. The van der Waals surface area contributed by atoms with Crippen molar-refractivity contribution >= 4 is 11.8 Å². The van der Waals surface area contributed by atoms with Crippen LogP contribution >= 0.6 is 11.8 Å². The Morgan fingerprint density at radius 3 is 2.88 bits per heavy atom. The Labute approximate surface area is 109 Å². The van der Waals surface area contributed by atoms with Crippen LogP contribution in [0.3, 0.4) is 0 Å². The van der Waals surface area contributed by atoms with E-state index in [0.717, 1.165) is 10.9 Å². The van der Waals surface area contributed by atoms with Crippen LogP contribution in [-0.2, 0) is 0 Å². The molecule has 94 valence electrons. The third-order valence-corrected chi connectivity index (χ3v) is 4.77. The van der Waals surface area contributed by atoms with Gasteiger partial charge < -0.3 is 5.32 Å². The molecule has 1 aliphatic carbocycles. The summed E-state index contributed by atoms with van der Waals surface area (Å²) in [5.74, 6) is 0.